The molecular formula is C144H266Si. The van der Waals surface area contributed by atoms with Gasteiger partial charge in [-0.05, 0) is 458 Å². The molecule has 0 aromatic heterocycles. The highest BCUT2D eigenvalue weighted by atomic mass is 28.3. The predicted octanol–water partition coefficient (Wildman–Crippen LogP) is 46.7. The second kappa shape index (κ2) is 64.3. The molecule has 15 unspecified atom stereocenters. The zero-order chi connectivity index (χ0) is 110. The SMILES string of the molecule is C.CC(C)(C)CC1CCC2C=C3CCCC3=CC21.CC(C)(C)CC1CCC2C=CC=CC21.CC(C)C.CC(C)C.CC(C)C.CC(C)C.CC(C)C.CC(C)CC1CCC2C=C3CCCC3=CC21.CC1C(C)C(C)C(C)C1C.CC1C(C)C(C)C(C)C1C.CC1C(C)C(C)C(C)C1C.CC1C(C)C(C)C(C)C1C.CC1C(C)C(C)C(C)C1C.CC1CCC2C=CC=CC12.C[Si](C)(C)CC1CCC2C=C3CCCC3=CC21. The minimum Gasteiger partial charge on any atom is -0.0808 e. The van der Waals surface area contributed by atoms with Crippen molar-refractivity contribution >= 4 is 8.07 Å². The van der Waals surface area contributed by atoms with Gasteiger partial charge in [-0.3, -0.25) is 0 Å². The third-order valence-corrected chi connectivity index (χ3v) is 43.6. The Balaban J connectivity index is 0.000000408. The Morgan fingerprint density at radius 2 is 0.414 bits per heavy atom. The Hall–Kier alpha value is -2.38. The van der Waals surface area contributed by atoms with Crippen molar-refractivity contribution in [3.05, 3.63) is 119 Å². The van der Waals surface area contributed by atoms with E-state index in [4.69, 9.17) is 0 Å². The van der Waals surface area contributed by atoms with Gasteiger partial charge in [0.25, 0.3) is 0 Å². The third-order valence-electron chi connectivity index (χ3n) is 41.8. The van der Waals surface area contributed by atoms with Crippen LogP contribution in [0.15, 0.2) is 119 Å². The van der Waals surface area contributed by atoms with E-state index in [1.165, 1.54) is 141 Å². The third kappa shape index (κ3) is 44.3. The largest absolute Gasteiger partial charge is 0.0808 e. The van der Waals surface area contributed by atoms with Crippen molar-refractivity contribution in [3.63, 3.8) is 0 Å². The van der Waals surface area contributed by atoms with E-state index in [1.807, 2.05) is 0 Å². The lowest BCUT2D eigenvalue weighted by atomic mass is 9.75. The zero-order valence-corrected chi connectivity index (χ0v) is 108. The first-order valence-corrected chi connectivity index (χ1v) is 67.3. The first kappa shape index (κ1) is 137. The number of hydrogen-bond acceptors (Lipinski definition) is 0. The summed E-state index contributed by atoms with van der Waals surface area (Å²) in [4.78, 5) is 0. The second-order valence-electron chi connectivity index (χ2n) is 61.4. The maximum Gasteiger partial charge on any atom is 0.0445 e. The molecule has 15 atom stereocenters. The molecule has 0 spiro atoms. The lowest BCUT2D eigenvalue weighted by Crippen LogP contribution is -2.26. The van der Waals surface area contributed by atoms with E-state index in [-0.39, 0.29) is 7.43 Å². The summed E-state index contributed by atoms with van der Waals surface area (Å²) in [7, 11) is -0.882. The fourth-order valence-corrected chi connectivity index (χ4v) is 32.0. The second-order valence-corrected chi connectivity index (χ2v) is 67.0. The molecule has 1 heteroatoms. The molecule has 0 saturated heterocycles. The summed E-state index contributed by atoms with van der Waals surface area (Å²) in [6.45, 7) is 121. The van der Waals surface area contributed by atoms with Gasteiger partial charge >= 0.3 is 0 Å². The summed E-state index contributed by atoms with van der Waals surface area (Å²) in [5.74, 6) is 42.1. The van der Waals surface area contributed by atoms with Crippen LogP contribution in [0.5, 0.6) is 0 Å². The van der Waals surface area contributed by atoms with Gasteiger partial charge in [0.05, 0.1) is 0 Å². The molecule has 0 aromatic rings. The van der Waals surface area contributed by atoms with Crippen LogP contribution in [0.3, 0.4) is 0 Å². The molecule has 18 rings (SSSR count). The Morgan fingerprint density at radius 3 is 0.648 bits per heavy atom. The van der Waals surface area contributed by atoms with E-state index < -0.39 is 8.07 Å². The standard InChI is InChI=1S/C17H26.C16H26Si.C16H24.C14H22.C10H14.5C10H20.5C4H10.CH4/c2*1-17(2,3)11-15-8-7-14-9-12-5-4-6-13(12)10-16(14)15;1-11(2)8-14-6-7-15-9-12-4-3-5-13(12)10-16(14)15;1-14(2,3)10-12-9-8-11-6-4-5-7-13(11)12;1-8-6-7-9-4-2-3-5-10(8)9;5*1-6-7(2)9(4)10(5)8(6)3;5*1-4(2)3;/h2*9-10,14-16H,4-8,11H2,1-3H3;9-11,14-16H,3-8H2,1-2H3;4-7,11-13H,8-10H2,1-3H3;2-5,8-10H,6-7H2,1H3;5*6-10H,1-5H3;5*4H,1-3H3;1H4. The maximum absolute atomic E-state index is 2.70. The van der Waals surface area contributed by atoms with Gasteiger partial charge in [0.15, 0.2) is 0 Å². The Bertz CT molecular complexity index is 3320. The highest BCUT2D eigenvalue weighted by Gasteiger charge is 2.47. The molecule has 0 N–H and O–H groups in total. The van der Waals surface area contributed by atoms with Gasteiger partial charge in [-0.25, -0.2) is 0 Å². The first-order valence-electron chi connectivity index (χ1n) is 63.6. The number of fused-ring (bicyclic) bond motifs is 8. The molecule has 0 aliphatic heterocycles. The summed E-state index contributed by atoms with van der Waals surface area (Å²) in [6, 6.07) is 1.54. The highest BCUT2D eigenvalue weighted by Crippen LogP contribution is 2.56. The summed E-state index contributed by atoms with van der Waals surface area (Å²) >= 11 is 0. The van der Waals surface area contributed by atoms with Gasteiger partial charge in [0.1, 0.15) is 0 Å². The average molecular weight is 2030 g/mol. The van der Waals surface area contributed by atoms with Crippen LogP contribution in [0.2, 0.25) is 25.7 Å². The van der Waals surface area contributed by atoms with Crippen LogP contribution in [0, 0.1) is 283 Å². The Labute approximate surface area is 916 Å². The molecule has 13 saturated carbocycles. The monoisotopic (exact) mass is 2020 g/mol. The zero-order valence-electron chi connectivity index (χ0n) is 107. The summed E-state index contributed by atoms with van der Waals surface area (Å²) < 4.78 is 0. The van der Waals surface area contributed by atoms with Crippen molar-refractivity contribution in [2.45, 2.75) is 514 Å². The molecule has 13 fully saturated rings. The number of rotatable bonds is 6. The lowest BCUT2D eigenvalue weighted by molar-refractivity contribution is 0.261. The van der Waals surface area contributed by atoms with Crippen LogP contribution in [0.25, 0.3) is 0 Å². The molecule has 0 aromatic carbocycles. The molecule has 0 bridgehead atoms. The fourth-order valence-electron chi connectivity index (χ4n) is 30.0. The molecule has 0 nitrogen and oxygen atoms in total. The summed E-state index contributed by atoms with van der Waals surface area (Å²) in [6.07, 6.45) is 65.5. The summed E-state index contributed by atoms with van der Waals surface area (Å²) in [5, 5.41) is 0. The van der Waals surface area contributed by atoms with Crippen LogP contribution in [-0.2, 0) is 0 Å². The molecule has 0 heterocycles. The van der Waals surface area contributed by atoms with Crippen molar-refractivity contribution in [1.82, 2.24) is 0 Å². The van der Waals surface area contributed by atoms with Gasteiger partial charge in [-0.2, -0.15) is 0 Å². The molecular weight excluding hydrogens is 1760 g/mol. The van der Waals surface area contributed by atoms with E-state index in [1.54, 1.807) is 39.5 Å². The van der Waals surface area contributed by atoms with E-state index >= 15 is 0 Å². The summed E-state index contributed by atoms with van der Waals surface area (Å²) in [5.41, 5.74) is 11.3. The van der Waals surface area contributed by atoms with Crippen molar-refractivity contribution in [2.24, 2.45) is 283 Å². The predicted molar refractivity (Wildman–Crippen MR) is 665 cm³/mol. The molecule has 145 heavy (non-hydrogen) atoms. The van der Waals surface area contributed by atoms with Crippen LogP contribution in [0.1, 0.15) is 488 Å². The van der Waals surface area contributed by atoms with Crippen LogP contribution < -0.4 is 0 Å². The molecule has 846 valence electrons. The van der Waals surface area contributed by atoms with Gasteiger partial charge in [0.2, 0.25) is 0 Å². The van der Waals surface area contributed by atoms with Gasteiger partial charge < -0.3 is 0 Å². The highest BCUT2D eigenvalue weighted by molar-refractivity contribution is 6.76. The number of allylic oxidation sites excluding steroid dienone is 20. The van der Waals surface area contributed by atoms with Crippen molar-refractivity contribution in [3.8, 4) is 0 Å². The van der Waals surface area contributed by atoms with Crippen molar-refractivity contribution < 1.29 is 0 Å². The molecule has 18 aliphatic carbocycles. The minimum atomic E-state index is -0.882. The maximum atomic E-state index is 2.70. The molecule has 0 amide bonds. The smallest absolute Gasteiger partial charge is 0.0445 e. The Kier molecular flexibility index (Phi) is 60.7. The van der Waals surface area contributed by atoms with E-state index in [9.17, 15) is 0 Å². The minimum absolute atomic E-state index is 0. The van der Waals surface area contributed by atoms with Crippen LogP contribution >= 0.6 is 0 Å². The van der Waals surface area contributed by atoms with Gasteiger partial charge in [0, 0.05) is 8.07 Å². The fraction of sp³-hybridized carbons (Fsp3) is 0.861. The van der Waals surface area contributed by atoms with Crippen molar-refractivity contribution in [1.29, 1.82) is 0 Å². The quantitative estimate of drug-likeness (QED) is 0.233. The van der Waals surface area contributed by atoms with E-state index in [0.29, 0.717) is 10.8 Å². The molecule has 0 radical (unpaired) electrons. The van der Waals surface area contributed by atoms with E-state index in [2.05, 4.69) is 444 Å². The van der Waals surface area contributed by atoms with Crippen LogP contribution in [0.4, 0.5) is 0 Å². The Morgan fingerprint density at radius 1 is 0.228 bits per heavy atom. The first-order chi connectivity index (χ1) is 66.7. The van der Waals surface area contributed by atoms with Gasteiger partial charge in [-0.1, -0.05) is 457 Å². The molecule has 18 aliphatic rings. The van der Waals surface area contributed by atoms with E-state index in [0.717, 1.165) is 272 Å². The average Bonchev–Trinajstić information content (AvgIpc) is 1.64. The van der Waals surface area contributed by atoms with Gasteiger partial charge in [-0.15, -0.1) is 0 Å². The topological polar surface area (TPSA) is 0 Å². The van der Waals surface area contributed by atoms with Crippen LogP contribution in [-0.4, -0.2) is 8.07 Å². The van der Waals surface area contributed by atoms with Crippen molar-refractivity contribution in [2.75, 3.05) is 0 Å². The normalized spacial score (nSPS) is 39.5. The number of hydrogen-bond donors (Lipinski definition) is 0. The lowest BCUT2D eigenvalue weighted by Gasteiger charge is -2.30.